The summed E-state index contributed by atoms with van der Waals surface area (Å²) >= 11 is 0. The first-order chi connectivity index (χ1) is 23.8. The second-order valence-corrected chi connectivity index (χ2v) is 12.4. The number of rotatable bonds is 2. The quantitative estimate of drug-likeness (QED) is 0.143. The average Bonchev–Trinajstić information content (AvgIpc) is 3.52. The Hall–Kier alpha value is -4.04. The SMILES string of the molecule is [B]c1c([B])c([B])c(-c2c3c([B])c([B])c([B])c([B])c3c(-c3cccc4oc5c6ccccc6ccc5c34)c3c([B])c([B])c([B])c([B])c23)c([B])c1[B]. The molecule has 0 aliphatic rings. The largest absolute Gasteiger partial charge is 0.455 e. The third-order valence-corrected chi connectivity index (χ3v) is 9.92. The lowest BCUT2D eigenvalue weighted by atomic mass is 9.56. The van der Waals surface area contributed by atoms with Crippen LogP contribution in [0.1, 0.15) is 0 Å². The zero-order valence-electron chi connectivity index (χ0n) is 26.6. The highest BCUT2D eigenvalue weighted by Crippen LogP contribution is 2.45. The fourth-order valence-corrected chi connectivity index (χ4v) is 7.35. The van der Waals surface area contributed by atoms with Gasteiger partial charge in [0.15, 0.2) is 0 Å². The van der Waals surface area contributed by atoms with E-state index in [9.17, 15) is 0 Å². The van der Waals surface area contributed by atoms with Gasteiger partial charge in [-0.05, 0) is 61.3 Å². The summed E-state index contributed by atoms with van der Waals surface area (Å²) in [6.45, 7) is 0. The van der Waals surface area contributed by atoms with E-state index in [0.717, 1.165) is 21.5 Å². The molecule has 7 aromatic carbocycles. The van der Waals surface area contributed by atoms with Crippen molar-refractivity contribution in [1.82, 2.24) is 0 Å². The van der Waals surface area contributed by atoms with Crippen molar-refractivity contribution in [3.05, 3.63) is 54.6 Å². The fraction of sp³-hybridized carbons (Fsp3) is 0. The average molecular weight is 598 g/mol. The van der Waals surface area contributed by atoms with Crippen LogP contribution < -0.4 is 71.0 Å². The van der Waals surface area contributed by atoms with Gasteiger partial charge in [-0.3, -0.25) is 0 Å². The molecule has 1 heterocycles. The van der Waals surface area contributed by atoms with Gasteiger partial charge in [-0.1, -0.05) is 75.2 Å². The van der Waals surface area contributed by atoms with Crippen LogP contribution in [0.4, 0.5) is 0 Å². The Balaban J connectivity index is 1.74. The first-order valence-electron chi connectivity index (χ1n) is 15.4. The van der Waals surface area contributed by atoms with Gasteiger partial charge < -0.3 is 4.42 Å². The minimum atomic E-state index is -0.0103. The van der Waals surface area contributed by atoms with Crippen molar-refractivity contribution in [3.63, 3.8) is 0 Å². The summed E-state index contributed by atoms with van der Waals surface area (Å²) in [6.07, 6.45) is 0. The second-order valence-electron chi connectivity index (χ2n) is 12.4. The van der Waals surface area contributed by atoms with Crippen LogP contribution in [0.25, 0.3) is 76.5 Å². The summed E-state index contributed by atoms with van der Waals surface area (Å²) in [4.78, 5) is 0. The molecule has 26 radical (unpaired) electrons. The summed E-state index contributed by atoms with van der Waals surface area (Å²) in [6, 6.07) is 17.6. The lowest BCUT2D eigenvalue weighted by Gasteiger charge is -2.31. The molecule has 0 unspecified atom stereocenters. The fourth-order valence-electron chi connectivity index (χ4n) is 7.35. The Morgan fingerprint density at radius 2 is 0.780 bits per heavy atom. The predicted octanol–water partition coefficient (Wildman–Crippen LogP) is -5.30. The van der Waals surface area contributed by atoms with Crippen molar-refractivity contribution in [1.29, 1.82) is 0 Å². The maximum atomic E-state index is 6.94. The van der Waals surface area contributed by atoms with Gasteiger partial charge in [-0.25, -0.2) is 0 Å². The monoisotopic (exact) mass is 600 g/mol. The lowest BCUT2D eigenvalue weighted by molar-refractivity contribution is 0.673. The molecule has 8 rings (SSSR count). The maximum Gasteiger partial charge on any atom is 0.143 e. The van der Waals surface area contributed by atoms with Crippen molar-refractivity contribution < 1.29 is 4.42 Å². The molecule has 50 heavy (non-hydrogen) atoms. The molecular formula is C36H9B13O. The number of benzene rings is 7. The van der Waals surface area contributed by atoms with E-state index in [1.807, 2.05) is 54.6 Å². The van der Waals surface area contributed by atoms with E-state index < -0.39 is 0 Å². The molecule has 0 N–H and O–H groups in total. The molecular weight excluding hydrogens is 589 g/mol. The molecule has 0 saturated carbocycles. The van der Waals surface area contributed by atoms with Crippen LogP contribution in [0.5, 0.6) is 0 Å². The van der Waals surface area contributed by atoms with Crippen LogP contribution in [-0.2, 0) is 0 Å². The van der Waals surface area contributed by atoms with E-state index >= 15 is 0 Å². The van der Waals surface area contributed by atoms with Crippen molar-refractivity contribution in [2.45, 2.75) is 0 Å². The highest BCUT2D eigenvalue weighted by Gasteiger charge is 2.28. The molecule has 0 aliphatic heterocycles. The van der Waals surface area contributed by atoms with E-state index in [-0.39, 0.29) is 82.1 Å². The first-order valence-corrected chi connectivity index (χ1v) is 15.4. The zero-order chi connectivity index (χ0) is 35.7. The first kappa shape index (κ1) is 33.1. The minimum Gasteiger partial charge on any atom is -0.455 e. The van der Waals surface area contributed by atoms with Gasteiger partial charge in [0, 0.05) is 16.2 Å². The number of furan rings is 1. The van der Waals surface area contributed by atoms with Crippen molar-refractivity contribution in [2.24, 2.45) is 0 Å². The molecule has 1 aromatic heterocycles. The van der Waals surface area contributed by atoms with E-state index in [1.54, 1.807) is 0 Å². The summed E-state index contributed by atoms with van der Waals surface area (Å²) < 4.78 is 6.53. The number of hydrogen-bond acceptors (Lipinski definition) is 1. The summed E-state index contributed by atoms with van der Waals surface area (Å²) in [5.41, 5.74) is 3.28. The Morgan fingerprint density at radius 3 is 1.32 bits per heavy atom. The van der Waals surface area contributed by atoms with Gasteiger partial charge in [-0.2, -0.15) is 0 Å². The van der Waals surface area contributed by atoms with E-state index in [4.69, 9.17) is 106 Å². The third kappa shape index (κ3) is 4.26. The van der Waals surface area contributed by atoms with Gasteiger partial charge in [0.25, 0.3) is 0 Å². The molecule has 0 amide bonds. The van der Waals surface area contributed by atoms with Crippen molar-refractivity contribution in [3.8, 4) is 22.3 Å². The predicted molar refractivity (Wildman–Crippen MR) is 227 cm³/mol. The van der Waals surface area contributed by atoms with Crippen LogP contribution in [0, 0.1) is 0 Å². The normalized spacial score (nSPS) is 11.8. The molecule has 0 spiro atoms. The topological polar surface area (TPSA) is 13.1 Å². The smallest absolute Gasteiger partial charge is 0.143 e. The molecule has 0 aliphatic carbocycles. The summed E-state index contributed by atoms with van der Waals surface area (Å²) in [7, 11) is 86.2. The Morgan fingerprint density at radius 1 is 0.320 bits per heavy atom. The highest BCUT2D eigenvalue weighted by atomic mass is 16.3. The van der Waals surface area contributed by atoms with Crippen molar-refractivity contribution >= 4 is 227 Å². The van der Waals surface area contributed by atoms with Gasteiger partial charge in [0.1, 0.15) is 113 Å². The molecule has 0 fully saturated rings. The van der Waals surface area contributed by atoms with Crippen LogP contribution >= 0.6 is 0 Å². The lowest BCUT2D eigenvalue weighted by Crippen LogP contribution is -2.55. The van der Waals surface area contributed by atoms with Gasteiger partial charge >= 0.3 is 0 Å². The molecule has 0 saturated heterocycles. The van der Waals surface area contributed by atoms with E-state index in [0.29, 0.717) is 43.8 Å². The van der Waals surface area contributed by atoms with Crippen LogP contribution in [0.2, 0.25) is 0 Å². The summed E-state index contributed by atoms with van der Waals surface area (Å²) in [5.74, 6) is 0. The van der Waals surface area contributed by atoms with Crippen LogP contribution in [-0.4, -0.2) is 102 Å². The summed E-state index contributed by atoms with van der Waals surface area (Å²) in [5, 5.41) is 4.85. The maximum absolute atomic E-state index is 6.94. The Bertz CT molecular complexity index is 2750. The standard InChI is InChI=1S/C36H9B13O/c37-23-18-16(12-6-3-7-14-15(12)13-9-8-10-4-1-2-5-11(10)36(13)50-14)19-21(26(40)32(46)30(44)24(19)38)17(20(18)25(39)31(45)29(23)43)22-27(41)33(47)35(49)34(48)28(22)42/h1-9H. The van der Waals surface area contributed by atoms with Gasteiger partial charge in [0.05, 0.1) is 0 Å². The Labute approximate surface area is 307 Å². The van der Waals surface area contributed by atoms with Gasteiger partial charge in [0.2, 0.25) is 0 Å². The number of fused-ring (bicyclic) bond motifs is 7. The third-order valence-electron chi connectivity index (χ3n) is 9.92. The molecule has 8 aromatic rings. The molecule has 0 bridgehead atoms. The minimum absolute atomic E-state index is 0.00101. The van der Waals surface area contributed by atoms with Crippen LogP contribution in [0.15, 0.2) is 59.0 Å². The second kappa shape index (κ2) is 11.5. The van der Waals surface area contributed by atoms with Gasteiger partial charge in [-0.15, -0.1) is 38.2 Å². The Kier molecular flexibility index (Phi) is 7.61. The molecule has 198 valence electrons. The zero-order valence-corrected chi connectivity index (χ0v) is 26.6. The molecule has 1 nitrogen and oxygen atoms in total. The van der Waals surface area contributed by atoms with E-state index in [2.05, 4.69) is 0 Å². The molecule has 14 heteroatoms. The number of hydrogen-bond donors (Lipinski definition) is 0. The van der Waals surface area contributed by atoms with Crippen LogP contribution in [0.3, 0.4) is 0 Å². The highest BCUT2D eigenvalue weighted by molar-refractivity contribution is 6.73. The molecule has 0 atom stereocenters. The van der Waals surface area contributed by atoms with E-state index in [1.165, 1.54) is 0 Å². The van der Waals surface area contributed by atoms with Crippen molar-refractivity contribution in [2.75, 3.05) is 0 Å².